The third-order valence-corrected chi connectivity index (χ3v) is 1.88. The molecule has 0 aromatic heterocycles. The summed E-state index contributed by atoms with van der Waals surface area (Å²) < 4.78 is 17.6. The molecule has 76 valence electrons. The van der Waals surface area contributed by atoms with Crippen molar-refractivity contribution in [3.05, 3.63) is 41.3 Å². The van der Waals surface area contributed by atoms with E-state index in [9.17, 15) is 9.18 Å². The van der Waals surface area contributed by atoms with E-state index in [1.165, 1.54) is 18.2 Å². The number of hydrogen-bond donors (Lipinski definition) is 0. The molecule has 1 aromatic carbocycles. The number of ether oxygens (including phenoxy) is 1. The van der Waals surface area contributed by atoms with E-state index in [0.717, 1.165) is 0 Å². The third-order valence-electron chi connectivity index (χ3n) is 1.88. The Labute approximate surface area is 85.9 Å². The Morgan fingerprint density at radius 1 is 1.47 bits per heavy atom. The first-order valence-corrected chi connectivity index (χ1v) is 4.40. The van der Waals surface area contributed by atoms with Crippen LogP contribution in [-0.4, -0.2) is 11.9 Å². The number of benzene rings is 1. The highest BCUT2D eigenvalue weighted by molar-refractivity contribution is 6.06. The minimum Gasteiger partial charge on any atom is -0.407 e. The highest BCUT2D eigenvalue weighted by Gasteiger charge is 2.19. The first kappa shape index (κ1) is 9.58. The molecule has 0 saturated carbocycles. The summed E-state index contributed by atoms with van der Waals surface area (Å²) in [7, 11) is 0. The molecule has 1 aliphatic heterocycles. The number of halogens is 1. The van der Waals surface area contributed by atoms with Gasteiger partial charge < -0.3 is 4.74 Å². The van der Waals surface area contributed by atoms with Crippen LogP contribution in [0.4, 0.5) is 4.39 Å². The van der Waals surface area contributed by atoms with E-state index in [1.54, 1.807) is 19.1 Å². The van der Waals surface area contributed by atoms with Crippen molar-refractivity contribution in [2.24, 2.45) is 4.99 Å². The Morgan fingerprint density at radius 2 is 2.27 bits per heavy atom. The Morgan fingerprint density at radius 3 is 2.87 bits per heavy atom. The minimum absolute atomic E-state index is 0.193. The normalized spacial score (nSPS) is 17.9. The molecule has 1 aromatic rings. The van der Waals surface area contributed by atoms with Gasteiger partial charge >= 0.3 is 5.97 Å². The zero-order valence-electron chi connectivity index (χ0n) is 8.03. The topological polar surface area (TPSA) is 38.7 Å². The molecule has 0 bridgehead atoms. The zero-order chi connectivity index (χ0) is 10.8. The van der Waals surface area contributed by atoms with Gasteiger partial charge in [-0.25, -0.2) is 14.2 Å². The molecule has 3 nitrogen and oxygen atoms in total. The Balaban J connectivity index is 2.35. The molecule has 0 saturated heterocycles. The summed E-state index contributed by atoms with van der Waals surface area (Å²) in [5.41, 5.74) is 0.776. The van der Waals surface area contributed by atoms with Gasteiger partial charge in [-0.3, -0.25) is 0 Å². The molecular formula is C11H8FNO2. The van der Waals surface area contributed by atoms with E-state index >= 15 is 0 Å². The number of hydrogen-bond acceptors (Lipinski definition) is 3. The van der Waals surface area contributed by atoms with E-state index in [1.807, 2.05) is 0 Å². The molecule has 15 heavy (non-hydrogen) atoms. The van der Waals surface area contributed by atoms with E-state index in [0.29, 0.717) is 11.5 Å². The van der Waals surface area contributed by atoms with Gasteiger partial charge in [0.15, 0.2) is 11.6 Å². The van der Waals surface area contributed by atoms with Crippen molar-refractivity contribution < 1.29 is 13.9 Å². The number of esters is 1. The molecule has 0 spiro atoms. The molecule has 0 atom stereocenters. The van der Waals surface area contributed by atoms with Crippen molar-refractivity contribution in [2.45, 2.75) is 6.92 Å². The maximum Gasteiger partial charge on any atom is 0.363 e. The minimum atomic E-state index is -0.503. The smallest absolute Gasteiger partial charge is 0.363 e. The molecule has 0 aliphatic carbocycles. The first-order valence-electron chi connectivity index (χ1n) is 4.40. The summed E-state index contributed by atoms with van der Waals surface area (Å²) >= 11 is 0. The van der Waals surface area contributed by atoms with Gasteiger partial charge in [0.05, 0.1) is 0 Å². The molecule has 1 heterocycles. The van der Waals surface area contributed by atoms with Crippen molar-refractivity contribution in [2.75, 3.05) is 0 Å². The summed E-state index contributed by atoms with van der Waals surface area (Å²) in [6.45, 7) is 1.59. The fraction of sp³-hybridized carbons (Fsp3) is 0.0909. The second-order valence-corrected chi connectivity index (χ2v) is 3.10. The molecular weight excluding hydrogens is 197 g/mol. The quantitative estimate of drug-likeness (QED) is 0.520. The SMILES string of the molecule is CC1=N/C(=C/c2cccc(F)c2)C(=O)O1. The summed E-state index contributed by atoms with van der Waals surface area (Å²) in [4.78, 5) is 15.1. The maximum absolute atomic E-state index is 12.8. The number of cyclic esters (lactones) is 1. The van der Waals surface area contributed by atoms with Crippen molar-refractivity contribution in [3.8, 4) is 0 Å². The lowest BCUT2D eigenvalue weighted by Gasteiger charge is -1.93. The van der Waals surface area contributed by atoms with Gasteiger partial charge in [0, 0.05) is 6.92 Å². The standard InChI is InChI=1S/C11H8FNO2/c1-7-13-10(11(14)15-7)6-8-3-2-4-9(12)5-8/h2-6H,1H3/b10-6+. The van der Waals surface area contributed by atoms with Gasteiger partial charge in [-0.05, 0) is 23.8 Å². The molecule has 0 N–H and O–H groups in total. The largest absolute Gasteiger partial charge is 0.407 e. The van der Waals surface area contributed by atoms with Gasteiger partial charge in [0.1, 0.15) is 5.82 Å². The van der Waals surface area contributed by atoms with Crippen LogP contribution in [0.15, 0.2) is 35.0 Å². The van der Waals surface area contributed by atoms with Gasteiger partial charge in [-0.1, -0.05) is 12.1 Å². The number of aliphatic imine (C=N–C) groups is 1. The number of carbonyl (C=O) groups excluding carboxylic acids is 1. The number of nitrogens with zero attached hydrogens (tertiary/aromatic N) is 1. The van der Waals surface area contributed by atoms with E-state index < -0.39 is 5.97 Å². The Kier molecular flexibility index (Phi) is 2.33. The fourth-order valence-electron chi connectivity index (χ4n) is 1.27. The Bertz CT molecular complexity index is 477. The molecule has 4 heteroatoms. The summed E-state index contributed by atoms with van der Waals surface area (Å²) in [6, 6.07) is 5.91. The van der Waals surface area contributed by atoms with Crippen molar-refractivity contribution in [1.82, 2.24) is 0 Å². The third kappa shape index (κ3) is 2.10. The second-order valence-electron chi connectivity index (χ2n) is 3.10. The zero-order valence-corrected chi connectivity index (χ0v) is 8.03. The van der Waals surface area contributed by atoms with Gasteiger partial charge in [0.2, 0.25) is 0 Å². The van der Waals surface area contributed by atoms with Crippen LogP contribution in [0, 0.1) is 5.82 Å². The van der Waals surface area contributed by atoms with Crippen LogP contribution in [0.1, 0.15) is 12.5 Å². The lowest BCUT2D eigenvalue weighted by Crippen LogP contribution is -1.99. The maximum atomic E-state index is 12.8. The summed E-state index contributed by atoms with van der Waals surface area (Å²) in [5, 5.41) is 0. The number of carbonyl (C=O) groups is 1. The monoisotopic (exact) mass is 205 g/mol. The number of rotatable bonds is 1. The molecule has 0 radical (unpaired) electrons. The van der Waals surface area contributed by atoms with E-state index in [4.69, 9.17) is 4.74 Å². The van der Waals surface area contributed by atoms with Crippen molar-refractivity contribution in [1.29, 1.82) is 0 Å². The second kappa shape index (κ2) is 3.65. The van der Waals surface area contributed by atoms with Crippen LogP contribution in [0.3, 0.4) is 0 Å². The average Bonchev–Trinajstić information content (AvgIpc) is 2.45. The highest BCUT2D eigenvalue weighted by atomic mass is 19.1. The predicted molar refractivity (Wildman–Crippen MR) is 53.6 cm³/mol. The molecule has 2 rings (SSSR count). The van der Waals surface area contributed by atoms with Crippen molar-refractivity contribution in [3.63, 3.8) is 0 Å². The Hall–Kier alpha value is -1.97. The van der Waals surface area contributed by atoms with Crippen molar-refractivity contribution >= 4 is 17.9 Å². The van der Waals surface area contributed by atoms with Crippen LogP contribution in [0.5, 0.6) is 0 Å². The van der Waals surface area contributed by atoms with Crippen LogP contribution in [-0.2, 0) is 9.53 Å². The highest BCUT2D eigenvalue weighted by Crippen LogP contribution is 2.15. The molecule has 0 amide bonds. The van der Waals surface area contributed by atoms with Gasteiger partial charge in [-0.2, -0.15) is 0 Å². The predicted octanol–water partition coefficient (Wildman–Crippen LogP) is 2.14. The van der Waals surface area contributed by atoms with Crippen LogP contribution < -0.4 is 0 Å². The lowest BCUT2D eigenvalue weighted by molar-refractivity contribution is -0.130. The molecule has 0 fully saturated rings. The molecule has 1 aliphatic rings. The van der Waals surface area contributed by atoms with Crippen LogP contribution >= 0.6 is 0 Å². The van der Waals surface area contributed by atoms with E-state index in [2.05, 4.69) is 4.99 Å². The van der Waals surface area contributed by atoms with E-state index in [-0.39, 0.29) is 11.5 Å². The fourth-order valence-corrected chi connectivity index (χ4v) is 1.27. The average molecular weight is 205 g/mol. The summed E-state index contributed by atoms with van der Waals surface area (Å²) in [5.74, 6) is -0.546. The van der Waals surface area contributed by atoms with Crippen LogP contribution in [0.25, 0.3) is 6.08 Å². The lowest BCUT2D eigenvalue weighted by atomic mass is 10.2. The van der Waals surface area contributed by atoms with Gasteiger partial charge in [-0.15, -0.1) is 0 Å². The first-order chi connectivity index (χ1) is 7.15. The van der Waals surface area contributed by atoms with Crippen LogP contribution in [0.2, 0.25) is 0 Å². The van der Waals surface area contributed by atoms with Gasteiger partial charge in [0.25, 0.3) is 0 Å². The summed E-state index contributed by atoms with van der Waals surface area (Å²) in [6.07, 6.45) is 1.49. The molecule has 0 unspecified atom stereocenters.